The van der Waals surface area contributed by atoms with E-state index in [1.807, 2.05) is 27.7 Å². The van der Waals surface area contributed by atoms with Crippen molar-refractivity contribution in [2.24, 2.45) is 5.41 Å². The predicted molar refractivity (Wildman–Crippen MR) is 62.1 cm³/mol. The van der Waals surface area contributed by atoms with Gasteiger partial charge in [-0.05, 0) is 12.3 Å². The number of rotatable bonds is 4. The van der Waals surface area contributed by atoms with E-state index in [-0.39, 0.29) is 11.3 Å². The first-order chi connectivity index (χ1) is 6.22. The topological polar surface area (TPSA) is 29.1 Å². The Kier molecular flexibility index (Phi) is 5.24. The maximum atomic E-state index is 11.6. The van der Waals surface area contributed by atoms with Crippen LogP contribution in [0.1, 0.15) is 34.1 Å². The number of halogens is 2. The zero-order chi connectivity index (χ0) is 11.4. The molecular formula is C10H19Cl2NO. The molecule has 0 heterocycles. The second-order valence-corrected chi connectivity index (χ2v) is 5.65. The summed E-state index contributed by atoms with van der Waals surface area (Å²) in [5, 5.41) is 2.85. The van der Waals surface area contributed by atoms with Crippen molar-refractivity contribution in [1.29, 1.82) is 0 Å². The fraction of sp³-hybridized carbons (Fsp3) is 0.900. The van der Waals surface area contributed by atoms with Crippen molar-refractivity contribution in [2.45, 2.75) is 39.7 Å². The lowest BCUT2D eigenvalue weighted by Gasteiger charge is -2.28. The summed E-state index contributed by atoms with van der Waals surface area (Å²) in [6.45, 7) is 7.90. The Morgan fingerprint density at radius 3 is 1.86 bits per heavy atom. The summed E-state index contributed by atoms with van der Waals surface area (Å²) in [6, 6.07) is 0. The minimum Gasteiger partial charge on any atom is -0.349 e. The average Bonchev–Trinajstić information content (AvgIpc) is 2.00. The highest BCUT2D eigenvalue weighted by molar-refractivity contribution is 6.22. The van der Waals surface area contributed by atoms with Crippen LogP contribution >= 0.6 is 23.2 Å². The van der Waals surface area contributed by atoms with Crippen LogP contribution in [0.4, 0.5) is 0 Å². The van der Waals surface area contributed by atoms with E-state index in [4.69, 9.17) is 23.2 Å². The van der Waals surface area contributed by atoms with E-state index in [0.717, 1.165) is 0 Å². The standard InChI is InChI=1S/C10H19Cl2NO/c1-9(2,3)5-8(14)13-10(4,6-11)7-12/h5-7H2,1-4H3,(H,13,14). The van der Waals surface area contributed by atoms with Crippen LogP contribution in [-0.2, 0) is 4.79 Å². The van der Waals surface area contributed by atoms with Crippen LogP contribution in [0.3, 0.4) is 0 Å². The summed E-state index contributed by atoms with van der Waals surface area (Å²) < 4.78 is 0. The van der Waals surface area contributed by atoms with Gasteiger partial charge in [0.1, 0.15) is 0 Å². The summed E-state index contributed by atoms with van der Waals surface area (Å²) >= 11 is 11.5. The number of hydrogen-bond acceptors (Lipinski definition) is 1. The molecule has 1 N–H and O–H groups in total. The summed E-state index contributed by atoms with van der Waals surface area (Å²) in [6.07, 6.45) is 0.483. The highest BCUT2D eigenvalue weighted by Gasteiger charge is 2.26. The molecule has 14 heavy (non-hydrogen) atoms. The van der Waals surface area contributed by atoms with Crippen molar-refractivity contribution in [3.63, 3.8) is 0 Å². The summed E-state index contributed by atoms with van der Waals surface area (Å²) in [4.78, 5) is 11.6. The lowest BCUT2D eigenvalue weighted by molar-refractivity contribution is -0.124. The molecule has 84 valence electrons. The normalized spacial score (nSPS) is 12.7. The minimum atomic E-state index is -0.495. The molecule has 0 aromatic heterocycles. The number of alkyl halides is 2. The molecule has 0 aliphatic heterocycles. The maximum absolute atomic E-state index is 11.6. The lowest BCUT2D eigenvalue weighted by Crippen LogP contribution is -2.49. The van der Waals surface area contributed by atoms with E-state index in [1.54, 1.807) is 0 Å². The van der Waals surface area contributed by atoms with Crippen LogP contribution in [0.5, 0.6) is 0 Å². The van der Waals surface area contributed by atoms with E-state index < -0.39 is 5.54 Å². The van der Waals surface area contributed by atoms with Gasteiger partial charge in [-0.2, -0.15) is 0 Å². The molecule has 0 atom stereocenters. The molecule has 0 saturated carbocycles. The first-order valence-corrected chi connectivity index (χ1v) is 5.72. The Labute approximate surface area is 96.3 Å². The van der Waals surface area contributed by atoms with Gasteiger partial charge in [0, 0.05) is 18.2 Å². The van der Waals surface area contributed by atoms with Crippen molar-refractivity contribution in [3.05, 3.63) is 0 Å². The number of carbonyl (C=O) groups excluding carboxylic acids is 1. The van der Waals surface area contributed by atoms with Crippen LogP contribution in [0.2, 0.25) is 0 Å². The molecule has 1 amide bonds. The molecule has 0 aliphatic carbocycles. The number of nitrogens with one attached hydrogen (secondary N) is 1. The second kappa shape index (κ2) is 5.22. The zero-order valence-electron chi connectivity index (χ0n) is 9.29. The largest absolute Gasteiger partial charge is 0.349 e. The molecule has 0 rings (SSSR count). The van der Waals surface area contributed by atoms with Crippen molar-refractivity contribution in [3.8, 4) is 0 Å². The predicted octanol–water partition coefficient (Wildman–Crippen LogP) is 2.78. The number of amides is 1. The molecule has 0 bridgehead atoms. The first-order valence-electron chi connectivity index (χ1n) is 4.65. The van der Waals surface area contributed by atoms with Gasteiger partial charge in [-0.15, -0.1) is 23.2 Å². The van der Waals surface area contributed by atoms with Crippen molar-refractivity contribution >= 4 is 29.1 Å². The molecule has 0 fully saturated rings. The minimum absolute atomic E-state index is 0.00120. The highest BCUT2D eigenvalue weighted by atomic mass is 35.5. The van der Waals surface area contributed by atoms with Crippen LogP contribution in [0.25, 0.3) is 0 Å². The van der Waals surface area contributed by atoms with Gasteiger partial charge >= 0.3 is 0 Å². The molecule has 0 aliphatic rings. The smallest absolute Gasteiger partial charge is 0.221 e. The van der Waals surface area contributed by atoms with E-state index in [2.05, 4.69) is 5.32 Å². The van der Waals surface area contributed by atoms with Crippen LogP contribution in [-0.4, -0.2) is 23.2 Å². The Hall–Kier alpha value is 0.0500. The molecule has 0 radical (unpaired) electrons. The molecule has 0 spiro atoms. The van der Waals surface area contributed by atoms with Crippen molar-refractivity contribution in [2.75, 3.05) is 11.8 Å². The molecule has 0 aromatic rings. The van der Waals surface area contributed by atoms with Crippen LogP contribution in [0.15, 0.2) is 0 Å². The quantitative estimate of drug-likeness (QED) is 0.752. The monoisotopic (exact) mass is 239 g/mol. The van der Waals surface area contributed by atoms with Gasteiger partial charge in [0.25, 0.3) is 0 Å². The van der Waals surface area contributed by atoms with E-state index in [0.29, 0.717) is 18.2 Å². The third-order valence-electron chi connectivity index (χ3n) is 1.72. The highest BCUT2D eigenvalue weighted by Crippen LogP contribution is 2.19. The molecule has 0 unspecified atom stereocenters. The van der Waals surface area contributed by atoms with E-state index in [9.17, 15) is 4.79 Å². The second-order valence-electron chi connectivity index (χ2n) is 5.11. The SMILES string of the molecule is CC(C)(C)CC(=O)NC(C)(CCl)CCl. The van der Waals surface area contributed by atoms with E-state index in [1.165, 1.54) is 0 Å². The van der Waals surface area contributed by atoms with Gasteiger partial charge in [0.2, 0.25) is 5.91 Å². The van der Waals surface area contributed by atoms with Gasteiger partial charge in [0.05, 0.1) is 5.54 Å². The molecular weight excluding hydrogens is 221 g/mol. The lowest BCUT2D eigenvalue weighted by atomic mass is 9.91. The first kappa shape index (κ1) is 14.1. The van der Waals surface area contributed by atoms with Gasteiger partial charge in [-0.3, -0.25) is 4.79 Å². The van der Waals surface area contributed by atoms with Crippen LogP contribution in [0, 0.1) is 5.41 Å². The summed E-state index contributed by atoms with van der Waals surface area (Å²) in [5.74, 6) is 0.653. The Bertz CT molecular complexity index is 195. The molecule has 4 heteroatoms. The molecule has 0 aromatic carbocycles. The fourth-order valence-corrected chi connectivity index (χ4v) is 1.38. The van der Waals surface area contributed by atoms with Gasteiger partial charge < -0.3 is 5.32 Å². The van der Waals surface area contributed by atoms with Gasteiger partial charge in [-0.1, -0.05) is 20.8 Å². The van der Waals surface area contributed by atoms with E-state index >= 15 is 0 Å². The Balaban J connectivity index is 4.18. The van der Waals surface area contributed by atoms with Gasteiger partial charge in [-0.25, -0.2) is 0 Å². The van der Waals surface area contributed by atoms with Crippen molar-refractivity contribution in [1.82, 2.24) is 5.32 Å². The Morgan fingerprint density at radius 2 is 1.57 bits per heavy atom. The third-order valence-corrected chi connectivity index (χ3v) is 2.90. The van der Waals surface area contributed by atoms with Crippen molar-refractivity contribution < 1.29 is 4.79 Å². The summed E-state index contributed by atoms with van der Waals surface area (Å²) in [7, 11) is 0. The molecule has 2 nitrogen and oxygen atoms in total. The summed E-state index contributed by atoms with van der Waals surface area (Å²) in [5.41, 5.74) is -0.505. The third kappa shape index (κ3) is 5.71. The average molecular weight is 240 g/mol. The zero-order valence-corrected chi connectivity index (χ0v) is 10.8. The maximum Gasteiger partial charge on any atom is 0.221 e. The number of hydrogen-bond donors (Lipinski definition) is 1. The van der Waals surface area contributed by atoms with Crippen LogP contribution < -0.4 is 5.32 Å². The molecule has 0 saturated heterocycles. The Morgan fingerprint density at radius 1 is 1.14 bits per heavy atom. The fourth-order valence-electron chi connectivity index (χ4n) is 0.965. The number of carbonyl (C=O) groups is 1. The van der Waals surface area contributed by atoms with Gasteiger partial charge in [0.15, 0.2) is 0 Å².